The number of pyridine rings is 1. The number of fused-ring (bicyclic) bond motifs is 2. The Bertz CT molecular complexity index is 1080. The second-order valence-corrected chi connectivity index (χ2v) is 5.91. The van der Waals surface area contributed by atoms with Crippen molar-refractivity contribution in [3.8, 4) is 0 Å². The third kappa shape index (κ3) is 2.80. The minimum Gasteiger partial charge on any atom is -0.361 e. The van der Waals surface area contributed by atoms with E-state index in [1.54, 1.807) is 12.1 Å². The molecule has 0 aliphatic rings. The van der Waals surface area contributed by atoms with Crippen molar-refractivity contribution in [2.24, 2.45) is 0 Å². The van der Waals surface area contributed by atoms with Gasteiger partial charge in [-0.3, -0.25) is 0 Å². The molecule has 2 aromatic carbocycles. The molecule has 6 heteroatoms. The summed E-state index contributed by atoms with van der Waals surface area (Å²) in [6.07, 6.45) is -2.51. The molecule has 25 heavy (non-hydrogen) atoms. The zero-order valence-electron chi connectivity index (χ0n) is 13.3. The van der Waals surface area contributed by atoms with Crippen molar-refractivity contribution in [1.29, 1.82) is 0 Å². The van der Waals surface area contributed by atoms with Gasteiger partial charge in [-0.25, -0.2) is 4.98 Å². The van der Waals surface area contributed by atoms with E-state index in [9.17, 15) is 13.2 Å². The number of nitrogens with one attached hydrogen (secondary N) is 2. The Hall–Kier alpha value is -3.02. The molecule has 4 aromatic rings. The van der Waals surface area contributed by atoms with Crippen molar-refractivity contribution in [3.05, 3.63) is 65.9 Å². The van der Waals surface area contributed by atoms with Crippen LogP contribution >= 0.6 is 0 Å². The molecule has 3 nitrogen and oxygen atoms in total. The molecule has 2 aromatic heterocycles. The molecule has 4 rings (SSSR count). The van der Waals surface area contributed by atoms with Crippen molar-refractivity contribution in [1.82, 2.24) is 9.97 Å². The summed E-state index contributed by atoms with van der Waals surface area (Å²) in [6, 6.07) is 13.0. The lowest BCUT2D eigenvalue weighted by atomic mass is 10.1. The van der Waals surface area contributed by atoms with Gasteiger partial charge in [-0.1, -0.05) is 12.1 Å². The van der Waals surface area contributed by atoms with Gasteiger partial charge < -0.3 is 10.3 Å². The number of hydrogen-bond donors (Lipinski definition) is 2. The standard InChI is InChI=1S/C19H14F3N3/c1-11-15(6-3-13-8-9-23-18(11)13)24-17-7-4-12-2-5-14(19(20,21)22)10-16(12)25-17/h2-10,23H,1H3,(H,24,25). The number of nitrogens with zero attached hydrogens (tertiary/aromatic N) is 1. The number of aryl methyl sites for hydroxylation is 1. The summed E-state index contributed by atoms with van der Waals surface area (Å²) in [4.78, 5) is 7.51. The van der Waals surface area contributed by atoms with Gasteiger partial charge in [-0.2, -0.15) is 13.2 Å². The summed E-state index contributed by atoms with van der Waals surface area (Å²) >= 11 is 0. The zero-order valence-corrected chi connectivity index (χ0v) is 13.3. The van der Waals surface area contributed by atoms with Gasteiger partial charge in [0.25, 0.3) is 0 Å². The minimum absolute atomic E-state index is 0.304. The van der Waals surface area contributed by atoms with Crippen molar-refractivity contribution in [3.63, 3.8) is 0 Å². The molecule has 0 aliphatic carbocycles. The van der Waals surface area contributed by atoms with E-state index in [1.165, 1.54) is 6.07 Å². The van der Waals surface area contributed by atoms with Gasteiger partial charge in [-0.15, -0.1) is 0 Å². The SMILES string of the molecule is Cc1c(Nc2ccc3ccc(C(F)(F)F)cc3n2)ccc2cc[nH]c12. The van der Waals surface area contributed by atoms with Gasteiger partial charge >= 0.3 is 6.18 Å². The molecule has 0 unspecified atom stereocenters. The molecule has 0 amide bonds. The summed E-state index contributed by atoms with van der Waals surface area (Å²) in [7, 11) is 0. The number of aromatic nitrogens is 2. The van der Waals surface area contributed by atoms with E-state index < -0.39 is 11.7 Å². The lowest BCUT2D eigenvalue weighted by molar-refractivity contribution is -0.137. The van der Waals surface area contributed by atoms with Crippen molar-refractivity contribution >= 4 is 33.3 Å². The number of halogens is 3. The zero-order chi connectivity index (χ0) is 17.6. The fourth-order valence-electron chi connectivity index (χ4n) is 2.91. The average molecular weight is 341 g/mol. The molecule has 0 atom stereocenters. The fraction of sp³-hybridized carbons (Fsp3) is 0.105. The van der Waals surface area contributed by atoms with Crippen LogP contribution in [-0.4, -0.2) is 9.97 Å². The number of hydrogen-bond acceptors (Lipinski definition) is 2. The van der Waals surface area contributed by atoms with E-state index in [1.807, 2.05) is 31.3 Å². The van der Waals surface area contributed by atoms with E-state index in [-0.39, 0.29) is 0 Å². The molecule has 0 aliphatic heterocycles. The third-order valence-electron chi connectivity index (χ3n) is 4.27. The van der Waals surface area contributed by atoms with Crippen LogP contribution in [-0.2, 0) is 6.18 Å². The van der Waals surface area contributed by atoms with Crippen LogP contribution in [0.15, 0.2) is 54.7 Å². The Balaban J connectivity index is 1.74. The Kier molecular flexibility index (Phi) is 3.42. The maximum absolute atomic E-state index is 12.9. The molecule has 0 bridgehead atoms. The van der Waals surface area contributed by atoms with Gasteiger partial charge in [0.1, 0.15) is 5.82 Å². The molecular formula is C19H14F3N3. The first-order chi connectivity index (χ1) is 11.9. The predicted octanol–water partition coefficient (Wildman–Crippen LogP) is 5.79. The van der Waals surface area contributed by atoms with Crippen molar-refractivity contribution < 1.29 is 13.2 Å². The minimum atomic E-state index is -4.38. The molecule has 2 N–H and O–H groups in total. The summed E-state index contributed by atoms with van der Waals surface area (Å²) in [5.41, 5.74) is 2.50. The first kappa shape index (κ1) is 15.5. The molecular weight excluding hydrogens is 327 g/mol. The van der Waals surface area contributed by atoms with Crippen LogP contribution in [0.25, 0.3) is 21.8 Å². The number of rotatable bonds is 2. The highest BCUT2D eigenvalue weighted by molar-refractivity contribution is 5.88. The topological polar surface area (TPSA) is 40.7 Å². The van der Waals surface area contributed by atoms with E-state index in [0.29, 0.717) is 16.7 Å². The number of H-pyrrole nitrogens is 1. The number of benzene rings is 2. The van der Waals surface area contributed by atoms with Crippen LogP contribution in [0.4, 0.5) is 24.7 Å². The van der Waals surface area contributed by atoms with Gasteiger partial charge in [0, 0.05) is 17.3 Å². The molecule has 0 saturated carbocycles. The molecule has 0 radical (unpaired) electrons. The van der Waals surface area contributed by atoms with Crippen molar-refractivity contribution in [2.45, 2.75) is 13.1 Å². The Morgan fingerprint density at radius 3 is 2.52 bits per heavy atom. The van der Waals surface area contributed by atoms with Crippen LogP contribution in [0.5, 0.6) is 0 Å². The van der Waals surface area contributed by atoms with E-state index >= 15 is 0 Å². The van der Waals surface area contributed by atoms with Crippen LogP contribution in [0.2, 0.25) is 0 Å². The highest BCUT2D eigenvalue weighted by atomic mass is 19.4. The number of anilines is 2. The molecule has 0 fully saturated rings. The predicted molar refractivity (Wildman–Crippen MR) is 93.1 cm³/mol. The summed E-state index contributed by atoms with van der Waals surface area (Å²) in [5.74, 6) is 0.501. The molecule has 126 valence electrons. The Labute approximate surface area is 141 Å². The fourth-order valence-corrected chi connectivity index (χ4v) is 2.91. The molecule has 0 spiro atoms. The lowest BCUT2D eigenvalue weighted by Crippen LogP contribution is -2.04. The lowest BCUT2D eigenvalue weighted by Gasteiger charge is -2.11. The summed E-state index contributed by atoms with van der Waals surface area (Å²) < 4.78 is 38.7. The van der Waals surface area contributed by atoms with Crippen LogP contribution in [0, 0.1) is 6.92 Å². The first-order valence-corrected chi connectivity index (χ1v) is 7.73. The van der Waals surface area contributed by atoms with Crippen LogP contribution in [0.3, 0.4) is 0 Å². The largest absolute Gasteiger partial charge is 0.416 e. The van der Waals surface area contributed by atoms with Gasteiger partial charge in [0.2, 0.25) is 0 Å². The van der Waals surface area contributed by atoms with Crippen LogP contribution in [0.1, 0.15) is 11.1 Å². The Morgan fingerprint density at radius 1 is 0.960 bits per heavy atom. The highest BCUT2D eigenvalue weighted by Gasteiger charge is 2.30. The van der Waals surface area contributed by atoms with Gasteiger partial charge in [0.05, 0.1) is 16.6 Å². The van der Waals surface area contributed by atoms with E-state index in [4.69, 9.17) is 0 Å². The normalized spacial score (nSPS) is 12.0. The quantitative estimate of drug-likeness (QED) is 0.485. The second kappa shape index (κ2) is 5.51. The maximum Gasteiger partial charge on any atom is 0.416 e. The van der Waals surface area contributed by atoms with Crippen molar-refractivity contribution in [2.75, 3.05) is 5.32 Å². The van der Waals surface area contributed by atoms with E-state index in [0.717, 1.165) is 34.3 Å². The number of alkyl halides is 3. The van der Waals surface area contributed by atoms with Gasteiger partial charge in [-0.05, 0) is 54.3 Å². The monoisotopic (exact) mass is 341 g/mol. The van der Waals surface area contributed by atoms with E-state index in [2.05, 4.69) is 15.3 Å². The van der Waals surface area contributed by atoms with Crippen LogP contribution < -0.4 is 5.32 Å². The Morgan fingerprint density at radius 2 is 1.72 bits per heavy atom. The molecule has 2 heterocycles. The second-order valence-electron chi connectivity index (χ2n) is 5.91. The first-order valence-electron chi connectivity index (χ1n) is 7.73. The summed E-state index contributed by atoms with van der Waals surface area (Å²) in [5, 5.41) is 4.96. The molecule has 0 saturated heterocycles. The maximum atomic E-state index is 12.9. The smallest absolute Gasteiger partial charge is 0.361 e. The average Bonchev–Trinajstić information content (AvgIpc) is 3.05. The third-order valence-corrected chi connectivity index (χ3v) is 4.27. The number of aromatic amines is 1. The van der Waals surface area contributed by atoms with Gasteiger partial charge in [0.15, 0.2) is 0 Å². The summed E-state index contributed by atoms with van der Waals surface area (Å²) in [6.45, 7) is 1.98. The highest BCUT2D eigenvalue weighted by Crippen LogP contribution is 2.32.